The molecule has 0 spiro atoms. The molecule has 0 saturated heterocycles. The lowest BCUT2D eigenvalue weighted by molar-refractivity contribution is 0.809. The van der Waals surface area contributed by atoms with Gasteiger partial charge in [0.25, 0.3) is 0 Å². The zero-order valence-electron chi connectivity index (χ0n) is 9.20. The average Bonchev–Trinajstić information content (AvgIpc) is 2.74. The van der Waals surface area contributed by atoms with Gasteiger partial charge in [0.2, 0.25) is 0 Å². The lowest BCUT2D eigenvalue weighted by Gasteiger charge is -2.07. The summed E-state index contributed by atoms with van der Waals surface area (Å²) in [7, 11) is 1.96. The van der Waals surface area contributed by atoms with Gasteiger partial charge in [-0.3, -0.25) is 0 Å². The zero-order chi connectivity index (χ0) is 10.5. The second kappa shape index (κ2) is 5.52. The smallest absolute Gasteiger partial charge is 0.0962 e. The fourth-order valence-electron chi connectivity index (χ4n) is 1.97. The van der Waals surface area contributed by atoms with Gasteiger partial charge in [-0.25, -0.2) is 4.98 Å². The van der Waals surface area contributed by atoms with E-state index in [0.717, 1.165) is 11.8 Å². The molecule has 82 valence electrons. The third-order valence-electron chi connectivity index (χ3n) is 2.77. The van der Waals surface area contributed by atoms with Crippen molar-refractivity contribution < 1.29 is 0 Å². The first kappa shape index (κ1) is 11.0. The number of aromatic nitrogens is 1. The molecular weight excluding hydrogens is 204 g/mol. The third kappa shape index (κ3) is 3.21. The molecule has 0 atom stereocenters. The van der Waals surface area contributed by atoms with Crippen LogP contribution in [-0.2, 0) is 6.54 Å². The van der Waals surface area contributed by atoms with Crippen molar-refractivity contribution >= 4 is 11.8 Å². The lowest BCUT2D eigenvalue weighted by atomic mass is 10.3. The molecule has 0 amide bonds. The number of thioether (sulfide) groups is 1. The Morgan fingerprint density at radius 2 is 2.20 bits per heavy atom. The van der Waals surface area contributed by atoms with Gasteiger partial charge in [0.15, 0.2) is 0 Å². The summed E-state index contributed by atoms with van der Waals surface area (Å²) in [6.07, 6.45) is 7.51. The first-order chi connectivity index (χ1) is 7.38. The van der Waals surface area contributed by atoms with Crippen LogP contribution >= 0.6 is 11.8 Å². The molecule has 1 aromatic rings. The van der Waals surface area contributed by atoms with Gasteiger partial charge in [0.05, 0.1) is 5.03 Å². The maximum Gasteiger partial charge on any atom is 0.0962 e. The van der Waals surface area contributed by atoms with Crippen LogP contribution in [0.2, 0.25) is 0 Å². The molecule has 2 rings (SSSR count). The van der Waals surface area contributed by atoms with Crippen LogP contribution in [0.1, 0.15) is 31.2 Å². The molecule has 1 saturated carbocycles. The van der Waals surface area contributed by atoms with E-state index >= 15 is 0 Å². The fraction of sp³-hybridized carbons (Fsp3) is 0.583. The Hall–Kier alpha value is -0.540. The standard InChI is InChI=1S/C12H18N2S/c1-13-8-10-6-7-12(14-9-10)15-11-4-2-3-5-11/h6-7,9,11,13H,2-5,8H2,1H3. The Kier molecular flexibility index (Phi) is 4.03. The lowest BCUT2D eigenvalue weighted by Crippen LogP contribution is -2.05. The van der Waals surface area contributed by atoms with Crippen LogP contribution in [-0.4, -0.2) is 17.3 Å². The maximum atomic E-state index is 4.48. The normalized spacial score (nSPS) is 17.1. The van der Waals surface area contributed by atoms with Crippen molar-refractivity contribution in [3.8, 4) is 0 Å². The predicted molar refractivity (Wildman–Crippen MR) is 65.1 cm³/mol. The highest BCUT2D eigenvalue weighted by Crippen LogP contribution is 2.33. The molecule has 2 nitrogen and oxygen atoms in total. The second-order valence-corrected chi connectivity index (χ2v) is 5.38. The average molecular weight is 222 g/mol. The van der Waals surface area contributed by atoms with Crippen LogP contribution in [0.3, 0.4) is 0 Å². The molecule has 1 fully saturated rings. The van der Waals surface area contributed by atoms with E-state index in [9.17, 15) is 0 Å². The third-order valence-corrected chi connectivity index (χ3v) is 4.06. The molecule has 0 bridgehead atoms. The van der Waals surface area contributed by atoms with E-state index in [-0.39, 0.29) is 0 Å². The van der Waals surface area contributed by atoms with Crippen LogP contribution in [0.25, 0.3) is 0 Å². The minimum atomic E-state index is 0.813. The monoisotopic (exact) mass is 222 g/mol. The Morgan fingerprint density at radius 3 is 2.80 bits per heavy atom. The fourth-order valence-corrected chi connectivity index (χ4v) is 3.14. The van der Waals surface area contributed by atoms with Crippen molar-refractivity contribution in [2.45, 2.75) is 42.5 Å². The summed E-state index contributed by atoms with van der Waals surface area (Å²) in [5, 5.41) is 5.12. The molecule has 1 aliphatic rings. The molecule has 3 heteroatoms. The van der Waals surface area contributed by atoms with Crippen LogP contribution in [0.15, 0.2) is 23.4 Å². The number of nitrogens with zero attached hydrogens (tertiary/aromatic N) is 1. The molecular formula is C12H18N2S. The molecule has 1 aliphatic carbocycles. The Bertz CT molecular complexity index is 291. The van der Waals surface area contributed by atoms with Gasteiger partial charge in [-0.2, -0.15) is 0 Å². The molecule has 0 aromatic carbocycles. The van der Waals surface area contributed by atoms with Crippen LogP contribution in [0.5, 0.6) is 0 Å². The van der Waals surface area contributed by atoms with E-state index in [1.54, 1.807) is 0 Å². The van der Waals surface area contributed by atoms with Gasteiger partial charge < -0.3 is 5.32 Å². The molecule has 1 N–H and O–H groups in total. The molecule has 0 aliphatic heterocycles. The van der Waals surface area contributed by atoms with Crippen LogP contribution < -0.4 is 5.32 Å². The highest BCUT2D eigenvalue weighted by atomic mass is 32.2. The van der Waals surface area contributed by atoms with Crippen molar-refractivity contribution in [2.75, 3.05) is 7.05 Å². The van der Waals surface area contributed by atoms with E-state index in [2.05, 4.69) is 22.4 Å². The summed E-state index contributed by atoms with van der Waals surface area (Å²) in [4.78, 5) is 4.48. The van der Waals surface area contributed by atoms with Crippen molar-refractivity contribution in [1.29, 1.82) is 0 Å². The topological polar surface area (TPSA) is 24.9 Å². The van der Waals surface area contributed by atoms with Crippen molar-refractivity contribution in [3.63, 3.8) is 0 Å². The molecule has 0 radical (unpaired) electrons. The molecule has 15 heavy (non-hydrogen) atoms. The number of rotatable bonds is 4. The van der Waals surface area contributed by atoms with Gasteiger partial charge in [-0.15, -0.1) is 11.8 Å². The Labute approximate surface area is 95.9 Å². The first-order valence-electron chi connectivity index (χ1n) is 5.64. The highest BCUT2D eigenvalue weighted by molar-refractivity contribution is 7.99. The van der Waals surface area contributed by atoms with Crippen LogP contribution in [0, 0.1) is 0 Å². The predicted octanol–water partition coefficient (Wildman–Crippen LogP) is 2.84. The number of hydrogen-bond acceptors (Lipinski definition) is 3. The minimum Gasteiger partial charge on any atom is -0.316 e. The van der Waals surface area contributed by atoms with Crippen molar-refractivity contribution in [1.82, 2.24) is 10.3 Å². The van der Waals surface area contributed by atoms with Crippen LogP contribution in [0.4, 0.5) is 0 Å². The minimum absolute atomic E-state index is 0.813. The Balaban J connectivity index is 1.91. The molecule has 1 heterocycles. The molecule has 1 aromatic heterocycles. The van der Waals surface area contributed by atoms with Gasteiger partial charge >= 0.3 is 0 Å². The number of nitrogens with one attached hydrogen (secondary N) is 1. The quantitative estimate of drug-likeness (QED) is 0.848. The SMILES string of the molecule is CNCc1ccc(SC2CCCC2)nc1. The van der Waals surface area contributed by atoms with E-state index in [0.29, 0.717) is 0 Å². The van der Waals surface area contributed by atoms with E-state index in [1.165, 1.54) is 36.3 Å². The highest BCUT2D eigenvalue weighted by Gasteiger charge is 2.16. The van der Waals surface area contributed by atoms with Crippen molar-refractivity contribution in [3.05, 3.63) is 23.9 Å². The zero-order valence-corrected chi connectivity index (χ0v) is 10.0. The van der Waals surface area contributed by atoms with Gasteiger partial charge in [0, 0.05) is 18.0 Å². The maximum absolute atomic E-state index is 4.48. The van der Waals surface area contributed by atoms with E-state index in [1.807, 2.05) is 25.0 Å². The van der Waals surface area contributed by atoms with E-state index < -0.39 is 0 Å². The second-order valence-electron chi connectivity index (χ2n) is 4.06. The van der Waals surface area contributed by atoms with Crippen molar-refractivity contribution in [2.24, 2.45) is 0 Å². The largest absolute Gasteiger partial charge is 0.316 e. The Morgan fingerprint density at radius 1 is 1.40 bits per heavy atom. The summed E-state index contributed by atoms with van der Waals surface area (Å²) in [5.74, 6) is 0. The summed E-state index contributed by atoms with van der Waals surface area (Å²) >= 11 is 1.95. The molecule has 0 unspecified atom stereocenters. The summed E-state index contributed by atoms with van der Waals surface area (Å²) in [6.45, 7) is 0.904. The van der Waals surface area contributed by atoms with Gasteiger partial charge in [0.1, 0.15) is 0 Å². The number of pyridine rings is 1. The summed E-state index contributed by atoms with van der Waals surface area (Å²) in [6, 6.07) is 4.32. The number of hydrogen-bond donors (Lipinski definition) is 1. The summed E-state index contributed by atoms with van der Waals surface area (Å²) in [5.41, 5.74) is 1.26. The van der Waals surface area contributed by atoms with Gasteiger partial charge in [-0.05, 0) is 31.5 Å². The summed E-state index contributed by atoms with van der Waals surface area (Å²) < 4.78 is 0. The van der Waals surface area contributed by atoms with E-state index in [4.69, 9.17) is 0 Å². The van der Waals surface area contributed by atoms with Gasteiger partial charge in [-0.1, -0.05) is 18.9 Å². The first-order valence-corrected chi connectivity index (χ1v) is 6.52.